The second-order valence-corrected chi connectivity index (χ2v) is 6.11. The zero-order chi connectivity index (χ0) is 12.4. The van der Waals surface area contributed by atoms with Gasteiger partial charge in [0.1, 0.15) is 11.9 Å². The molecule has 0 saturated heterocycles. The van der Waals surface area contributed by atoms with E-state index in [2.05, 4.69) is 22.9 Å². The van der Waals surface area contributed by atoms with Gasteiger partial charge in [0.2, 0.25) is 0 Å². The lowest BCUT2D eigenvalue weighted by atomic mass is 10.1. The van der Waals surface area contributed by atoms with Crippen molar-refractivity contribution in [2.24, 2.45) is 5.84 Å². The van der Waals surface area contributed by atoms with Crippen LogP contribution in [0.3, 0.4) is 0 Å². The van der Waals surface area contributed by atoms with Crippen LogP contribution in [0.25, 0.3) is 0 Å². The second-order valence-electron chi connectivity index (χ2n) is 4.07. The fourth-order valence-electron chi connectivity index (χ4n) is 2.04. The molecule has 3 N–H and O–H groups in total. The quantitative estimate of drug-likeness (QED) is 0.669. The van der Waals surface area contributed by atoms with E-state index in [-0.39, 0.29) is 12.1 Å². The summed E-state index contributed by atoms with van der Waals surface area (Å²) in [6.07, 6.45) is 0.0635. The van der Waals surface area contributed by atoms with Crippen molar-refractivity contribution in [3.8, 4) is 5.75 Å². The van der Waals surface area contributed by atoms with Crippen molar-refractivity contribution in [3.05, 3.63) is 46.7 Å². The Bertz CT molecular complexity index is 515. The summed E-state index contributed by atoms with van der Waals surface area (Å²) in [6, 6.07) is 12.3. The summed E-state index contributed by atoms with van der Waals surface area (Å²) in [5.74, 6) is 7.54. The van der Waals surface area contributed by atoms with Crippen LogP contribution < -0.4 is 16.0 Å². The highest BCUT2D eigenvalue weighted by molar-refractivity contribution is 7.99. The van der Waals surface area contributed by atoms with Crippen LogP contribution in [0.1, 0.15) is 10.9 Å². The Morgan fingerprint density at radius 1 is 1.28 bits per heavy atom. The maximum atomic E-state index is 6.05. The molecular formula is C13H14N2OS2. The van der Waals surface area contributed by atoms with Crippen LogP contribution in [0.2, 0.25) is 0 Å². The number of hydrazine groups is 1. The highest BCUT2D eigenvalue weighted by Gasteiger charge is 2.29. The predicted molar refractivity (Wildman–Crippen MR) is 76.0 cm³/mol. The largest absolute Gasteiger partial charge is 0.486 e. The SMILES string of the molecule is NNC(c1cccs1)C1CSc2ccccc2O1. The number of nitrogens with one attached hydrogen (secondary N) is 1. The molecule has 5 heteroatoms. The average Bonchev–Trinajstić information content (AvgIpc) is 2.93. The number of fused-ring (bicyclic) bond motifs is 1. The number of hydrogen-bond acceptors (Lipinski definition) is 5. The molecule has 3 rings (SSSR count). The van der Waals surface area contributed by atoms with Crippen molar-refractivity contribution in [2.75, 3.05) is 5.75 Å². The number of thioether (sulfide) groups is 1. The molecule has 1 aromatic carbocycles. The van der Waals surface area contributed by atoms with Crippen LogP contribution in [0.5, 0.6) is 5.75 Å². The minimum absolute atomic E-state index is 0.0471. The van der Waals surface area contributed by atoms with Crippen LogP contribution in [-0.4, -0.2) is 11.9 Å². The number of para-hydroxylation sites is 1. The molecular weight excluding hydrogens is 264 g/mol. The number of hydrogen-bond donors (Lipinski definition) is 2. The molecule has 0 amide bonds. The second kappa shape index (κ2) is 5.32. The Morgan fingerprint density at radius 3 is 2.94 bits per heavy atom. The Kier molecular flexibility index (Phi) is 3.56. The van der Waals surface area contributed by atoms with Gasteiger partial charge in [-0.1, -0.05) is 18.2 Å². The monoisotopic (exact) mass is 278 g/mol. The molecule has 94 valence electrons. The molecule has 3 nitrogen and oxygen atoms in total. The van der Waals surface area contributed by atoms with E-state index < -0.39 is 0 Å². The van der Waals surface area contributed by atoms with E-state index in [4.69, 9.17) is 10.6 Å². The van der Waals surface area contributed by atoms with Crippen LogP contribution in [0.4, 0.5) is 0 Å². The van der Waals surface area contributed by atoms with Crippen LogP contribution >= 0.6 is 23.1 Å². The lowest BCUT2D eigenvalue weighted by Crippen LogP contribution is -2.41. The molecule has 2 heterocycles. The Balaban J connectivity index is 1.82. The van der Waals surface area contributed by atoms with Gasteiger partial charge in [0.05, 0.1) is 6.04 Å². The fraction of sp³-hybridized carbons (Fsp3) is 0.231. The summed E-state index contributed by atoms with van der Waals surface area (Å²) >= 11 is 3.52. The third-order valence-corrected chi connectivity index (χ3v) is 5.03. The zero-order valence-electron chi connectivity index (χ0n) is 9.71. The summed E-state index contributed by atoms with van der Waals surface area (Å²) in [5.41, 5.74) is 2.88. The Morgan fingerprint density at radius 2 is 2.17 bits per heavy atom. The first-order valence-electron chi connectivity index (χ1n) is 5.76. The summed E-state index contributed by atoms with van der Waals surface area (Å²) < 4.78 is 6.05. The van der Waals surface area contributed by atoms with Gasteiger partial charge >= 0.3 is 0 Å². The first-order chi connectivity index (χ1) is 8.88. The van der Waals surface area contributed by atoms with Gasteiger partial charge in [-0.25, -0.2) is 5.43 Å². The van der Waals surface area contributed by atoms with Crippen molar-refractivity contribution in [1.29, 1.82) is 0 Å². The predicted octanol–water partition coefficient (Wildman–Crippen LogP) is 2.81. The van der Waals surface area contributed by atoms with Gasteiger partial charge in [0, 0.05) is 15.5 Å². The maximum Gasteiger partial charge on any atom is 0.133 e. The van der Waals surface area contributed by atoms with E-state index in [1.54, 1.807) is 11.3 Å². The molecule has 2 aromatic rings. The summed E-state index contributed by atoms with van der Waals surface area (Å²) in [4.78, 5) is 2.41. The highest BCUT2D eigenvalue weighted by atomic mass is 32.2. The van der Waals surface area contributed by atoms with E-state index in [0.717, 1.165) is 11.5 Å². The smallest absolute Gasteiger partial charge is 0.133 e. The lowest BCUT2D eigenvalue weighted by molar-refractivity contribution is 0.168. The first kappa shape index (κ1) is 12.0. The van der Waals surface area contributed by atoms with E-state index in [0.29, 0.717) is 0 Å². The van der Waals surface area contributed by atoms with Crippen LogP contribution in [-0.2, 0) is 0 Å². The van der Waals surface area contributed by atoms with Gasteiger partial charge in [0.15, 0.2) is 0 Å². The summed E-state index contributed by atoms with van der Waals surface area (Å²) in [7, 11) is 0. The number of thiophene rings is 1. The van der Waals surface area contributed by atoms with Gasteiger partial charge in [-0.05, 0) is 23.6 Å². The van der Waals surface area contributed by atoms with Crippen molar-refractivity contribution in [1.82, 2.24) is 5.43 Å². The van der Waals surface area contributed by atoms with Gasteiger partial charge in [-0.15, -0.1) is 23.1 Å². The third kappa shape index (κ3) is 2.27. The summed E-state index contributed by atoms with van der Waals surface area (Å²) in [5, 5.41) is 2.06. The van der Waals surface area contributed by atoms with Crippen LogP contribution in [0.15, 0.2) is 46.7 Å². The van der Waals surface area contributed by atoms with Gasteiger partial charge in [0.25, 0.3) is 0 Å². The molecule has 0 radical (unpaired) electrons. The molecule has 18 heavy (non-hydrogen) atoms. The van der Waals surface area contributed by atoms with E-state index >= 15 is 0 Å². The molecule has 1 aromatic heterocycles. The van der Waals surface area contributed by atoms with E-state index in [1.807, 2.05) is 36.0 Å². The topological polar surface area (TPSA) is 47.3 Å². The van der Waals surface area contributed by atoms with Gasteiger partial charge in [-0.3, -0.25) is 5.84 Å². The van der Waals surface area contributed by atoms with Gasteiger partial charge in [-0.2, -0.15) is 0 Å². The van der Waals surface area contributed by atoms with E-state index in [9.17, 15) is 0 Å². The molecule has 1 aliphatic heterocycles. The molecule has 1 aliphatic rings. The standard InChI is InChI=1S/C13H14N2OS2/c14-15-13(12-6-3-7-17-12)10-8-18-11-5-2-1-4-9(11)16-10/h1-7,10,13,15H,8,14H2. The Hall–Kier alpha value is -1.01. The normalized spacial score (nSPS) is 19.9. The molecule has 0 fully saturated rings. The molecule has 2 atom stereocenters. The maximum absolute atomic E-state index is 6.05. The minimum atomic E-state index is 0.0471. The fourth-order valence-corrected chi connectivity index (χ4v) is 3.92. The van der Waals surface area contributed by atoms with Crippen molar-refractivity contribution < 1.29 is 4.74 Å². The summed E-state index contributed by atoms with van der Waals surface area (Å²) in [6.45, 7) is 0. The van der Waals surface area contributed by atoms with E-state index in [1.165, 1.54) is 9.77 Å². The van der Waals surface area contributed by atoms with Gasteiger partial charge < -0.3 is 4.74 Å². The zero-order valence-corrected chi connectivity index (χ0v) is 11.3. The molecule has 0 aliphatic carbocycles. The highest BCUT2D eigenvalue weighted by Crippen LogP contribution is 2.38. The minimum Gasteiger partial charge on any atom is -0.486 e. The molecule has 0 spiro atoms. The average molecular weight is 278 g/mol. The van der Waals surface area contributed by atoms with Crippen molar-refractivity contribution >= 4 is 23.1 Å². The Labute approximate surface area is 114 Å². The molecule has 0 bridgehead atoms. The van der Waals surface area contributed by atoms with Crippen molar-refractivity contribution in [3.63, 3.8) is 0 Å². The number of ether oxygens (including phenoxy) is 1. The van der Waals surface area contributed by atoms with Crippen LogP contribution in [0, 0.1) is 0 Å². The molecule has 0 saturated carbocycles. The number of nitrogens with two attached hydrogens (primary N) is 1. The first-order valence-corrected chi connectivity index (χ1v) is 7.63. The number of rotatable bonds is 3. The number of benzene rings is 1. The molecule has 2 unspecified atom stereocenters. The van der Waals surface area contributed by atoms with Crippen molar-refractivity contribution in [2.45, 2.75) is 17.0 Å². The third-order valence-electron chi connectivity index (χ3n) is 2.93. The lowest BCUT2D eigenvalue weighted by Gasteiger charge is -2.30.